The summed E-state index contributed by atoms with van der Waals surface area (Å²) in [4.78, 5) is 9.14. The molecule has 0 aliphatic heterocycles. The van der Waals surface area contributed by atoms with Gasteiger partial charge < -0.3 is 10.1 Å². The van der Waals surface area contributed by atoms with Crippen molar-refractivity contribution in [1.29, 1.82) is 0 Å². The van der Waals surface area contributed by atoms with E-state index in [-0.39, 0.29) is 6.10 Å². The van der Waals surface area contributed by atoms with Crippen molar-refractivity contribution in [1.82, 2.24) is 9.97 Å². The first-order chi connectivity index (χ1) is 8.17. The van der Waals surface area contributed by atoms with Crippen LogP contribution in [0.4, 0.5) is 5.82 Å². The lowest BCUT2D eigenvalue weighted by molar-refractivity contribution is 0.0534. The van der Waals surface area contributed by atoms with E-state index in [1.807, 2.05) is 14.0 Å². The molecule has 5 heteroatoms. The third-order valence-corrected chi connectivity index (χ3v) is 3.67. The van der Waals surface area contributed by atoms with E-state index in [9.17, 15) is 0 Å². The number of anilines is 1. The van der Waals surface area contributed by atoms with E-state index in [1.54, 1.807) is 0 Å². The summed E-state index contributed by atoms with van der Waals surface area (Å²) in [7, 11) is 1.88. The van der Waals surface area contributed by atoms with Crippen LogP contribution in [0.5, 0.6) is 0 Å². The fourth-order valence-corrected chi connectivity index (χ4v) is 2.52. The molecule has 17 heavy (non-hydrogen) atoms. The van der Waals surface area contributed by atoms with E-state index in [0.29, 0.717) is 6.61 Å². The van der Waals surface area contributed by atoms with Crippen LogP contribution in [-0.4, -0.2) is 23.6 Å². The lowest BCUT2D eigenvalue weighted by atomic mass is 10.2. The summed E-state index contributed by atoms with van der Waals surface area (Å²) in [6, 6.07) is 0. The van der Waals surface area contributed by atoms with Gasteiger partial charge in [0.25, 0.3) is 0 Å². The second-order valence-electron chi connectivity index (χ2n) is 3.65. The van der Waals surface area contributed by atoms with Gasteiger partial charge in [-0.2, -0.15) is 0 Å². The van der Waals surface area contributed by atoms with Crippen molar-refractivity contribution in [3.63, 3.8) is 0 Å². The normalized spacial score (nSPS) is 12.5. The highest BCUT2D eigenvalue weighted by Crippen LogP contribution is 2.24. The van der Waals surface area contributed by atoms with Crippen LogP contribution in [0.1, 0.15) is 44.8 Å². The maximum atomic E-state index is 5.66. The van der Waals surface area contributed by atoms with Gasteiger partial charge >= 0.3 is 0 Å². The molecule has 0 saturated heterocycles. The Morgan fingerprint density at radius 1 is 1.29 bits per heavy atom. The van der Waals surface area contributed by atoms with Gasteiger partial charge in [-0.15, -0.1) is 0 Å². The highest BCUT2D eigenvalue weighted by Gasteiger charge is 2.17. The summed E-state index contributed by atoms with van der Waals surface area (Å²) in [6.07, 6.45) is 1.79. The second-order valence-corrected chi connectivity index (χ2v) is 4.73. The maximum absolute atomic E-state index is 5.66. The molecule has 0 aliphatic carbocycles. The van der Waals surface area contributed by atoms with Crippen LogP contribution in [0.15, 0.2) is 0 Å². The topological polar surface area (TPSA) is 47.0 Å². The van der Waals surface area contributed by atoms with Crippen molar-refractivity contribution in [3.8, 4) is 0 Å². The first kappa shape index (κ1) is 14.6. The summed E-state index contributed by atoms with van der Waals surface area (Å²) < 4.78 is 6.76. The zero-order chi connectivity index (χ0) is 12.8. The Morgan fingerprint density at radius 3 is 2.47 bits per heavy atom. The summed E-state index contributed by atoms with van der Waals surface area (Å²) in [6.45, 7) is 6.88. The Bertz CT molecular complexity index is 346. The summed E-state index contributed by atoms with van der Waals surface area (Å²) in [5, 5.41) is 3.12. The van der Waals surface area contributed by atoms with Crippen molar-refractivity contribution < 1.29 is 4.74 Å². The van der Waals surface area contributed by atoms with Crippen molar-refractivity contribution in [3.05, 3.63) is 15.1 Å². The van der Waals surface area contributed by atoms with E-state index in [4.69, 9.17) is 4.74 Å². The van der Waals surface area contributed by atoms with E-state index >= 15 is 0 Å². The highest BCUT2D eigenvalue weighted by atomic mass is 127. The number of nitrogens with one attached hydrogen (secondary N) is 1. The third kappa shape index (κ3) is 3.51. The fraction of sp³-hybridized carbons (Fsp3) is 0.667. The molecular formula is C12H20IN3O. The largest absolute Gasteiger partial charge is 0.372 e. The molecule has 4 nitrogen and oxygen atoms in total. The third-order valence-electron chi connectivity index (χ3n) is 2.54. The first-order valence-corrected chi connectivity index (χ1v) is 7.11. The second kappa shape index (κ2) is 7.10. The number of rotatable bonds is 6. The molecule has 0 bridgehead atoms. The zero-order valence-electron chi connectivity index (χ0n) is 10.9. The first-order valence-electron chi connectivity index (χ1n) is 6.03. The molecule has 0 fully saturated rings. The monoisotopic (exact) mass is 349 g/mol. The minimum atomic E-state index is -0.00519. The SMILES string of the molecule is CCOC(CC)c1nc(CC)c(I)c(NC)n1. The van der Waals surface area contributed by atoms with Crippen LogP contribution >= 0.6 is 22.6 Å². The molecule has 0 aliphatic rings. The highest BCUT2D eigenvalue weighted by molar-refractivity contribution is 14.1. The molecule has 96 valence electrons. The standard InChI is InChI=1S/C12H20IN3O/c1-5-8-10(13)12(14-4)16-11(15-8)9(6-2)17-7-3/h9H,5-7H2,1-4H3,(H,14,15,16). The molecule has 0 saturated carbocycles. The van der Waals surface area contributed by atoms with Gasteiger partial charge in [0.05, 0.1) is 9.26 Å². The smallest absolute Gasteiger partial charge is 0.159 e. The molecule has 1 rings (SSSR count). The Morgan fingerprint density at radius 2 is 2.00 bits per heavy atom. The maximum Gasteiger partial charge on any atom is 0.159 e. The van der Waals surface area contributed by atoms with Crippen molar-refractivity contribution in [2.75, 3.05) is 19.0 Å². The quantitative estimate of drug-likeness (QED) is 0.802. The van der Waals surface area contributed by atoms with Gasteiger partial charge in [-0.1, -0.05) is 13.8 Å². The number of aromatic nitrogens is 2. The van der Waals surface area contributed by atoms with Gasteiger partial charge in [-0.25, -0.2) is 9.97 Å². The molecule has 1 atom stereocenters. The van der Waals surface area contributed by atoms with E-state index in [2.05, 4.69) is 51.7 Å². The van der Waals surface area contributed by atoms with Crippen molar-refractivity contribution >= 4 is 28.4 Å². The Balaban J connectivity index is 3.15. The van der Waals surface area contributed by atoms with Gasteiger partial charge in [-0.05, 0) is 42.4 Å². The number of ether oxygens (including phenoxy) is 1. The lowest BCUT2D eigenvalue weighted by Gasteiger charge is -2.16. The van der Waals surface area contributed by atoms with E-state index < -0.39 is 0 Å². The van der Waals surface area contributed by atoms with Gasteiger partial charge in [0.1, 0.15) is 11.9 Å². The summed E-state index contributed by atoms with van der Waals surface area (Å²) >= 11 is 2.29. The van der Waals surface area contributed by atoms with Gasteiger partial charge in [0.2, 0.25) is 0 Å². The predicted octanol–water partition coefficient (Wildman–Crippen LogP) is 3.17. The number of aryl methyl sites for hydroxylation is 1. The zero-order valence-corrected chi connectivity index (χ0v) is 13.0. The number of hydrogen-bond acceptors (Lipinski definition) is 4. The average Bonchev–Trinajstić information content (AvgIpc) is 2.36. The Labute approximate surface area is 117 Å². The molecular weight excluding hydrogens is 329 g/mol. The molecule has 1 heterocycles. The minimum absolute atomic E-state index is 0.00519. The van der Waals surface area contributed by atoms with Crippen LogP contribution < -0.4 is 5.32 Å². The summed E-state index contributed by atoms with van der Waals surface area (Å²) in [5.74, 6) is 1.68. The predicted molar refractivity (Wildman–Crippen MR) is 78.3 cm³/mol. The lowest BCUT2D eigenvalue weighted by Crippen LogP contribution is -2.13. The molecule has 0 radical (unpaired) electrons. The minimum Gasteiger partial charge on any atom is -0.372 e. The molecule has 0 amide bonds. The number of nitrogens with zero attached hydrogens (tertiary/aromatic N) is 2. The Hall–Kier alpha value is -0.430. The number of halogens is 1. The van der Waals surface area contributed by atoms with Crippen molar-refractivity contribution in [2.45, 2.75) is 39.7 Å². The fourth-order valence-electron chi connectivity index (χ4n) is 1.63. The van der Waals surface area contributed by atoms with E-state index in [0.717, 1.165) is 33.7 Å². The number of hydrogen-bond donors (Lipinski definition) is 1. The molecule has 0 spiro atoms. The summed E-state index contributed by atoms with van der Waals surface area (Å²) in [5.41, 5.74) is 1.08. The molecule has 1 aromatic heterocycles. The van der Waals surface area contributed by atoms with Crippen molar-refractivity contribution in [2.24, 2.45) is 0 Å². The van der Waals surface area contributed by atoms with Gasteiger partial charge in [-0.3, -0.25) is 0 Å². The molecule has 0 aromatic carbocycles. The van der Waals surface area contributed by atoms with Crippen LogP contribution in [-0.2, 0) is 11.2 Å². The van der Waals surface area contributed by atoms with Crippen LogP contribution in [0.25, 0.3) is 0 Å². The van der Waals surface area contributed by atoms with Gasteiger partial charge in [0, 0.05) is 13.7 Å². The van der Waals surface area contributed by atoms with Crippen LogP contribution in [0.2, 0.25) is 0 Å². The van der Waals surface area contributed by atoms with E-state index in [1.165, 1.54) is 0 Å². The van der Waals surface area contributed by atoms with Gasteiger partial charge in [0.15, 0.2) is 5.82 Å². The average molecular weight is 349 g/mol. The molecule has 1 N–H and O–H groups in total. The van der Waals surface area contributed by atoms with Crippen LogP contribution in [0.3, 0.4) is 0 Å². The molecule has 1 unspecified atom stereocenters. The molecule has 1 aromatic rings. The Kier molecular flexibility index (Phi) is 6.11. The van der Waals surface area contributed by atoms with Crippen LogP contribution in [0, 0.1) is 3.57 Å².